The number of aliphatic hydroxyl groups is 1. The Labute approximate surface area is 106 Å². The highest BCUT2D eigenvalue weighted by Gasteiger charge is 2.13. The van der Waals surface area contributed by atoms with Crippen molar-refractivity contribution >= 4 is 26.3 Å². The second-order valence-electron chi connectivity index (χ2n) is 3.93. The van der Waals surface area contributed by atoms with E-state index in [0.29, 0.717) is 6.54 Å². The van der Waals surface area contributed by atoms with Crippen LogP contribution in [0.25, 0.3) is 0 Å². The number of nitrogens with zero attached hydrogens (tertiary/aromatic N) is 2. The van der Waals surface area contributed by atoms with Crippen LogP contribution < -0.4 is 4.90 Å². The first kappa shape index (κ1) is 14.4. The van der Waals surface area contributed by atoms with Crippen LogP contribution in [0.2, 0.25) is 0 Å². The summed E-state index contributed by atoms with van der Waals surface area (Å²) in [5, 5.41) is 9.92. The van der Waals surface area contributed by atoms with Crippen molar-refractivity contribution in [3.8, 4) is 0 Å². The molecule has 5 nitrogen and oxygen atoms in total. The van der Waals surface area contributed by atoms with E-state index in [-0.39, 0.29) is 12.4 Å². The Morgan fingerprint density at radius 3 is 2.53 bits per heavy atom. The minimum Gasteiger partial charge on any atom is -0.391 e. The lowest BCUT2D eigenvalue weighted by atomic mass is 10.3. The molecule has 0 atom stereocenters. The van der Waals surface area contributed by atoms with Gasteiger partial charge in [0.05, 0.1) is 22.9 Å². The van der Waals surface area contributed by atoms with Crippen LogP contribution in [0, 0.1) is 0 Å². The summed E-state index contributed by atoms with van der Waals surface area (Å²) < 4.78 is 22.1. The van der Waals surface area contributed by atoms with Crippen LogP contribution in [0.4, 0.5) is 5.13 Å². The molecule has 0 radical (unpaired) electrons. The quantitative estimate of drug-likeness (QED) is 0.828. The highest BCUT2D eigenvalue weighted by molar-refractivity contribution is 7.90. The molecule has 0 amide bonds. The van der Waals surface area contributed by atoms with E-state index in [0.717, 1.165) is 22.1 Å². The van der Waals surface area contributed by atoms with Gasteiger partial charge in [0.2, 0.25) is 0 Å². The predicted molar refractivity (Wildman–Crippen MR) is 70.4 cm³/mol. The van der Waals surface area contributed by atoms with Crippen LogP contribution >= 0.6 is 11.3 Å². The van der Waals surface area contributed by atoms with Gasteiger partial charge in [0.25, 0.3) is 0 Å². The van der Waals surface area contributed by atoms with E-state index < -0.39 is 9.84 Å². The second kappa shape index (κ2) is 5.79. The minimum absolute atomic E-state index is 0.0131. The lowest BCUT2D eigenvalue weighted by Crippen LogP contribution is -2.24. The maximum absolute atomic E-state index is 11.1. The molecular formula is C10H18N2O3S2. The third kappa shape index (κ3) is 4.25. The molecule has 7 heteroatoms. The van der Waals surface area contributed by atoms with Gasteiger partial charge in [-0.05, 0) is 6.42 Å². The molecule has 0 aromatic carbocycles. The number of hydrogen-bond acceptors (Lipinski definition) is 6. The summed E-state index contributed by atoms with van der Waals surface area (Å²) in [5.41, 5.74) is 0.888. The molecule has 0 aliphatic carbocycles. The largest absolute Gasteiger partial charge is 0.391 e. The van der Waals surface area contributed by atoms with Gasteiger partial charge in [-0.1, -0.05) is 18.3 Å². The van der Waals surface area contributed by atoms with E-state index in [2.05, 4.69) is 4.98 Å². The summed E-state index contributed by atoms with van der Waals surface area (Å²) in [4.78, 5) is 7.05. The van der Waals surface area contributed by atoms with Crippen molar-refractivity contribution in [3.05, 3.63) is 10.6 Å². The second-order valence-corrected chi connectivity index (χ2v) is 7.25. The Morgan fingerprint density at radius 2 is 2.12 bits per heavy atom. The number of sulfone groups is 1. The van der Waals surface area contributed by atoms with E-state index >= 15 is 0 Å². The van der Waals surface area contributed by atoms with Crippen LogP contribution in [0.5, 0.6) is 0 Å². The number of hydrogen-bond donors (Lipinski definition) is 1. The summed E-state index contributed by atoms with van der Waals surface area (Å²) >= 11 is 1.41. The molecule has 1 rings (SSSR count). The monoisotopic (exact) mass is 278 g/mol. The van der Waals surface area contributed by atoms with Gasteiger partial charge in [-0.3, -0.25) is 0 Å². The van der Waals surface area contributed by atoms with Crippen LogP contribution in [0.15, 0.2) is 0 Å². The molecule has 1 N–H and O–H groups in total. The Hall–Kier alpha value is -0.660. The van der Waals surface area contributed by atoms with E-state index in [1.165, 1.54) is 17.6 Å². The van der Waals surface area contributed by atoms with Crippen molar-refractivity contribution < 1.29 is 13.5 Å². The Kier molecular flexibility index (Phi) is 4.91. The molecule has 0 fully saturated rings. The van der Waals surface area contributed by atoms with Crippen LogP contribution in [0.1, 0.15) is 17.5 Å². The molecular weight excluding hydrogens is 260 g/mol. The predicted octanol–water partition coefficient (Wildman–Crippen LogP) is 0.679. The van der Waals surface area contributed by atoms with Crippen LogP contribution in [0.3, 0.4) is 0 Å². The normalized spacial score (nSPS) is 11.8. The third-order valence-corrected chi connectivity index (χ3v) is 4.49. The molecule has 0 saturated carbocycles. The first-order chi connectivity index (χ1) is 7.87. The van der Waals surface area contributed by atoms with Crippen molar-refractivity contribution in [2.45, 2.75) is 20.0 Å². The zero-order valence-electron chi connectivity index (χ0n) is 10.3. The SMILES string of the molecule is CCc1nc(N(C)CCS(C)(=O)=O)sc1CO. The number of rotatable bonds is 6. The molecule has 98 valence electrons. The molecule has 1 aromatic rings. The average Bonchev–Trinajstić information content (AvgIpc) is 2.67. The van der Waals surface area contributed by atoms with E-state index in [1.807, 2.05) is 18.9 Å². The van der Waals surface area contributed by atoms with Gasteiger partial charge in [0.15, 0.2) is 5.13 Å². The molecule has 0 saturated heterocycles. The van der Waals surface area contributed by atoms with E-state index in [1.54, 1.807) is 0 Å². The fraction of sp³-hybridized carbons (Fsp3) is 0.700. The maximum atomic E-state index is 11.1. The fourth-order valence-corrected chi connectivity index (χ4v) is 2.93. The Morgan fingerprint density at radius 1 is 1.47 bits per heavy atom. The highest BCUT2D eigenvalue weighted by atomic mass is 32.2. The summed E-state index contributed by atoms with van der Waals surface area (Å²) in [6, 6.07) is 0. The van der Waals surface area contributed by atoms with Gasteiger partial charge in [-0.25, -0.2) is 13.4 Å². The number of anilines is 1. The Balaban J connectivity index is 2.75. The standard InChI is InChI=1S/C10H18N2O3S2/c1-4-8-9(7-13)16-10(11-8)12(2)5-6-17(3,14)15/h13H,4-7H2,1-3H3. The summed E-state index contributed by atoms with van der Waals surface area (Å²) in [5.74, 6) is 0.110. The lowest BCUT2D eigenvalue weighted by Gasteiger charge is -2.14. The molecule has 1 aromatic heterocycles. The summed E-state index contributed by atoms with van der Waals surface area (Å²) in [6.07, 6.45) is 1.99. The zero-order chi connectivity index (χ0) is 13.1. The number of aliphatic hydroxyl groups excluding tert-OH is 1. The first-order valence-corrected chi connectivity index (χ1v) is 8.23. The van der Waals surface area contributed by atoms with Crippen molar-refractivity contribution in [2.24, 2.45) is 0 Å². The van der Waals surface area contributed by atoms with Gasteiger partial charge in [-0.2, -0.15) is 0 Å². The summed E-state index contributed by atoms with van der Waals surface area (Å²) in [6.45, 7) is 2.38. The number of aryl methyl sites for hydroxylation is 1. The van der Waals surface area contributed by atoms with Crippen molar-refractivity contribution in [1.29, 1.82) is 0 Å². The molecule has 1 heterocycles. The molecule has 0 bridgehead atoms. The zero-order valence-corrected chi connectivity index (χ0v) is 11.9. The topological polar surface area (TPSA) is 70.5 Å². The summed E-state index contributed by atoms with van der Waals surface area (Å²) in [7, 11) is -1.15. The van der Waals surface area contributed by atoms with Crippen molar-refractivity contribution in [2.75, 3.05) is 30.5 Å². The highest BCUT2D eigenvalue weighted by Crippen LogP contribution is 2.25. The lowest BCUT2D eigenvalue weighted by molar-refractivity contribution is 0.284. The van der Waals surface area contributed by atoms with E-state index in [9.17, 15) is 8.42 Å². The van der Waals surface area contributed by atoms with Gasteiger partial charge in [-0.15, -0.1) is 0 Å². The van der Waals surface area contributed by atoms with Crippen LogP contribution in [-0.4, -0.2) is 44.1 Å². The third-order valence-electron chi connectivity index (χ3n) is 2.37. The maximum Gasteiger partial charge on any atom is 0.185 e. The Bertz CT molecular complexity index is 446. The molecule has 0 aliphatic rings. The average molecular weight is 278 g/mol. The molecule has 0 unspecified atom stereocenters. The van der Waals surface area contributed by atoms with E-state index in [4.69, 9.17) is 5.11 Å². The van der Waals surface area contributed by atoms with Gasteiger partial charge in [0, 0.05) is 19.8 Å². The minimum atomic E-state index is -2.96. The molecule has 17 heavy (non-hydrogen) atoms. The van der Waals surface area contributed by atoms with Gasteiger partial charge < -0.3 is 10.0 Å². The smallest absolute Gasteiger partial charge is 0.185 e. The van der Waals surface area contributed by atoms with Crippen LogP contribution in [-0.2, 0) is 22.9 Å². The number of thiazole rings is 1. The number of aromatic nitrogens is 1. The van der Waals surface area contributed by atoms with Crippen molar-refractivity contribution in [3.63, 3.8) is 0 Å². The van der Waals surface area contributed by atoms with Gasteiger partial charge in [0.1, 0.15) is 9.84 Å². The fourth-order valence-electron chi connectivity index (χ4n) is 1.33. The molecule has 0 aliphatic heterocycles. The first-order valence-electron chi connectivity index (χ1n) is 5.35. The van der Waals surface area contributed by atoms with Crippen molar-refractivity contribution in [1.82, 2.24) is 4.98 Å². The van der Waals surface area contributed by atoms with Gasteiger partial charge >= 0.3 is 0 Å². The molecule has 0 spiro atoms.